The number of nitrogen functional groups attached to an aromatic ring is 1. The molecule has 0 radical (unpaired) electrons. The van der Waals surface area contributed by atoms with Crippen LogP contribution in [0.2, 0.25) is 0 Å². The first kappa shape index (κ1) is 15.2. The third kappa shape index (κ3) is 4.17. The highest BCUT2D eigenvalue weighted by Gasteiger charge is 2.05. The van der Waals surface area contributed by atoms with Crippen LogP contribution in [-0.2, 0) is 12.3 Å². The highest BCUT2D eigenvalue weighted by atomic mass is 35.5. The Morgan fingerprint density at radius 3 is 2.17 bits per heavy atom. The fourth-order valence-electron chi connectivity index (χ4n) is 2.11. The number of halogens is 1. The summed E-state index contributed by atoms with van der Waals surface area (Å²) in [7, 11) is 0. The van der Waals surface area contributed by atoms with E-state index in [1.54, 1.807) is 0 Å². The van der Waals surface area contributed by atoms with Gasteiger partial charge in [-0.25, -0.2) is 4.98 Å². The van der Waals surface area contributed by atoms with Gasteiger partial charge in [-0.05, 0) is 29.8 Å². The summed E-state index contributed by atoms with van der Waals surface area (Å²) >= 11 is 5.75. The number of ether oxygens (including phenoxy) is 1. The second kappa shape index (κ2) is 7.07. The first-order valence-electron chi connectivity index (χ1n) is 7.10. The number of benzene rings is 2. The van der Waals surface area contributed by atoms with Gasteiger partial charge in [-0.3, -0.25) is 0 Å². The SMILES string of the molecule is Nc1nc(CCl)nc(Cc2ccc(Oc3ccccc3)cc2)n1. The van der Waals surface area contributed by atoms with Crippen LogP contribution in [0.15, 0.2) is 54.6 Å². The van der Waals surface area contributed by atoms with Crippen molar-refractivity contribution in [2.75, 3.05) is 5.73 Å². The molecule has 0 saturated carbocycles. The Hall–Kier alpha value is -2.66. The zero-order chi connectivity index (χ0) is 16.1. The van der Waals surface area contributed by atoms with E-state index in [4.69, 9.17) is 22.1 Å². The molecule has 1 aromatic heterocycles. The van der Waals surface area contributed by atoms with E-state index in [9.17, 15) is 0 Å². The minimum Gasteiger partial charge on any atom is -0.457 e. The zero-order valence-corrected chi connectivity index (χ0v) is 13.1. The number of rotatable bonds is 5. The van der Waals surface area contributed by atoms with Crippen molar-refractivity contribution in [2.24, 2.45) is 0 Å². The van der Waals surface area contributed by atoms with Gasteiger partial charge in [0.15, 0.2) is 0 Å². The lowest BCUT2D eigenvalue weighted by Crippen LogP contribution is -2.06. The predicted molar refractivity (Wildman–Crippen MR) is 89.6 cm³/mol. The van der Waals surface area contributed by atoms with Crippen molar-refractivity contribution in [3.05, 3.63) is 71.8 Å². The third-order valence-electron chi connectivity index (χ3n) is 3.13. The zero-order valence-electron chi connectivity index (χ0n) is 12.3. The van der Waals surface area contributed by atoms with Crippen LogP contribution in [-0.4, -0.2) is 15.0 Å². The van der Waals surface area contributed by atoms with E-state index in [0.717, 1.165) is 17.1 Å². The number of para-hydroxylation sites is 1. The van der Waals surface area contributed by atoms with Crippen molar-refractivity contribution in [1.29, 1.82) is 0 Å². The summed E-state index contributed by atoms with van der Waals surface area (Å²) < 4.78 is 5.76. The molecule has 5 nitrogen and oxygen atoms in total. The lowest BCUT2D eigenvalue weighted by atomic mass is 10.1. The van der Waals surface area contributed by atoms with Gasteiger partial charge in [0.1, 0.15) is 23.1 Å². The van der Waals surface area contributed by atoms with Gasteiger partial charge in [-0.15, -0.1) is 11.6 Å². The van der Waals surface area contributed by atoms with Crippen LogP contribution in [0.3, 0.4) is 0 Å². The summed E-state index contributed by atoms with van der Waals surface area (Å²) in [5, 5.41) is 0. The standard InChI is InChI=1S/C17H15ClN4O/c18-11-16-20-15(21-17(19)22-16)10-12-6-8-14(9-7-12)23-13-4-2-1-3-5-13/h1-9H,10-11H2,(H2,19,20,21,22). The number of alkyl halides is 1. The van der Waals surface area contributed by atoms with E-state index in [1.165, 1.54) is 0 Å². The summed E-state index contributed by atoms with van der Waals surface area (Å²) in [5.74, 6) is 3.07. The van der Waals surface area contributed by atoms with E-state index in [2.05, 4.69) is 15.0 Å². The molecule has 116 valence electrons. The van der Waals surface area contributed by atoms with Crippen molar-refractivity contribution in [3.63, 3.8) is 0 Å². The van der Waals surface area contributed by atoms with E-state index in [-0.39, 0.29) is 11.8 Å². The molecular formula is C17H15ClN4O. The van der Waals surface area contributed by atoms with Crippen LogP contribution in [0.4, 0.5) is 5.95 Å². The molecule has 0 aliphatic carbocycles. The summed E-state index contributed by atoms with van der Waals surface area (Å²) in [6.45, 7) is 0. The largest absolute Gasteiger partial charge is 0.457 e. The molecule has 0 amide bonds. The van der Waals surface area contributed by atoms with Gasteiger partial charge in [-0.2, -0.15) is 9.97 Å². The quantitative estimate of drug-likeness (QED) is 0.725. The van der Waals surface area contributed by atoms with Crippen molar-refractivity contribution in [1.82, 2.24) is 15.0 Å². The summed E-state index contributed by atoms with van der Waals surface area (Å²) in [6.07, 6.45) is 0.558. The van der Waals surface area contributed by atoms with E-state index in [1.807, 2.05) is 54.6 Å². The molecule has 0 spiro atoms. The van der Waals surface area contributed by atoms with Crippen LogP contribution >= 0.6 is 11.6 Å². The van der Waals surface area contributed by atoms with E-state index >= 15 is 0 Å². The predicted octanol–water partition coefficient (Wildman–Crippen LogP) is 3.58. The molecule has 0 aliphatic rings. The van der Waals surface area contributed by atoms with Gasteiger partial charge in [0.25, 0.3) is 0 Å². The van der Waals surface area contributed by atoms with Crippen molar-refractivity contribution in [2.45, 2.75) is 12.3 Å². The molecule has 0 atom stereocenters. The van der Waals surface area contributed by atoms with Crippen LogP contribution in [0.1, 0.15) is 17.2 Å². The number of aromatic nitrogens is 3. The monoisotopic (exact) mass is 326 g/mol. The van der Waals surface area contributed by atoms with E-state index in [0.29, 0.717) is 18.1 Å². The molecule has 2 aromatic carbocycles. The molecule has 3 aromatic rings. The Morgan fingerprint density at radius 1 is 0.826 bits per heavy atom. The maximum atomic E-state index is 5.76. The Kier molecular flexibility index (Phi) is 4.68. The second-order valence-corrected chi connectivity index (χ2v) is 5.16. The summed E-state index contributed by atoms with van der Waals surface area (Å²) in [4.78, 5) is 12.4. The fourth-order valence-corrected chi connectivity index (χ4v) is 2.23. The average molecular weight is 327 g/mol. The molecule has 23 heavy (non-hydrogen) atoms. The summed E-state index contributed by atoms with van der Waals surface area (Å²) in [6, 6.07) is 17.4. The first-order chi connectivity index (χ1) is 11.2. The number of nitrogens with zero attached hydrogens (tertiary/aromatic N) is 3. The Labute approximate surface area is 139 Å². The van der Waals surface area contributed by atoms with Crippen molar-refractivity contribution < 1.29 is 4.74 Å². The molecule has 0 aliphatic heterocycles. The van der Waals surface area contributed by atoms with Gasteiger partial charge in [-0.1, -0.05) is 30.3 Å². The number of anilines is 1. The maximum absolute atomic E-state index is 5.76. The third-order valence-corrected chi connectivity index (χ3v) is 3.37. The van der Waals surface area contributed by atoms with Gasteiger partial charge in [0.2, 0.25) is 5.95 Å². The number of hydrogen-bond donors (Lipinski definition) is 1. The molecular weight excluding hydrogens is 312 g/mol. The first-order valence-corrected chi connectivity index (χ1v) is 7.63. The van der Waals surface area contributed by atoms with E-state index < -0.39 is 0 Å². The average Bonchev–Trinajstić information content (AvgIpc) is 2.57. The smallest absolute Gasteiger partial charge is 0.223 e. The Morgan fingerprint density at radius 2 is 1.48 bits per heavy atom. The maximum Gasteiger partial charge on any atom is 0.223 e. The lowest BCUT2D eigenvalue weighted by Gasteiger charge is -2.07. The molecule has 2 N–H and O–H groups in total. The van der Waals surface area contributed by atoms with Crippen LogP contribution < -0.4 is 10.5 Å². The van der Waals surface area contributed by atoms with Crippen LogP contribution in [0.25, 0.3) is 0 Å². The van der Waals surface area contributed by atoms with Gasteiger partial charge >= 0.3 is 0 Å². The van der Waals surface area contributed by atoms with Crippen LogP contribution in [0, 0.1) is 0 Å². The minimum absolute atomic E-state index is 0.190. The highest BCUT2D eigenvalue weighted by Crippen LogP contribution is 2.21. The molecule has 0 saturated heterocycles. The summed E-state index contributed by atoms with van der Waals surface area (Å²) in [5.41, 5.74) is 6.71. The van der Waals surface area contributed by atoms with Gasteiger partial charge in [0.05, 0.1) is 5.88 Å². The molecule has 0 fully saturated rings. The van der Waals surface area contributed by atoms with Crippen molar-refractivity contribution in [3.8, 4) is 11.5 Å². The van der Waals surface area contributed by atoms with Gasteiger partial charge in [0, 0.05) is 6.42 Å². The lowest BCUT2D eigenvalue weighted by molar-refractivity contribution is 0.482. The second-order valence-electron chi connectivity index (χ2n) is 4.90. The Bertz CT molecular complexity index is 778. The Balaban J connectivity index is 1.71. The molecule has 6 heteroatoms. The van der Waals surface area contributed by atoms with Crippen LogP contribution in [0.5, 0.6) is 11.5 Å². The number of hydrogen-bond acceptors (Lipinski definition) is 5. The molecule has 1 heterocycles. The normalized spacial score (nSPS) is 10.5. The minimum atomic E-state index is 0.190. The highest BCUT2D eigenvalue weighted by molar-refractivity contribution is 6.16. The number of nitrogens with two attached hydrogens (primary N) is 1. The molecule has 0 unspecified atom stereocenters. The molecule has 0 bridgehead atoms. The molecule has 3 rings (SSSR count). The fraction of sp³-hybridized carbons (Fsp3) is 0.118. The topological polar surface area (TPSA) is 73.9 Å². The van der Waals surface area contributed by atoms with Crippen molar-refractivity contribution >= 4 is 17.5 Å². The van der Waals surface area contributed by atoms with Gasteiger partial charge < -0.3 is 10.5 Å².